The van der Waals surface area contributed by atoms with Crippen molar-refractivity contribution in [3.8, 4) is 11.5 Å². The van der Waals surface area contributed by atoms with Gasteiger partial charge in [-0.25, -0.2) is 0 Å². The molecule has 2 aromatic rings. The molecule has 0 aliphatic rings. The minimum Gasteiger partial charge on any atom is -0.497 e. The summed E-state index contributed by atoms with van der Waals surface area (Å²) in [6.07, 6.45) is 1.92. The predicted molar refractivity (Wildman–Crippen MR) is 90.7 cm³/mol. The van der Waals surface area contributed by atoms with Gasteiger partial charge in [-0.2, -0.15) is 0 Å². The largest absolute Gasteiger partial charge is 0.497 e. The fourth-order valence-corrected chi connectivity index (χ4v) is 2.47. The number of nitrogens with two attached hydrogens (primary N) is 1. The van der Waals surface area contributed by atoms with Crippen LogP contribution in [0.25, 0.3) is 0 Å². The average molecular weight is 299 g/mol. The lowest BCUT2D eigenvalue weighted by molar-refractivity contribution is 0.298. The molecule has 1 unspecified atom stereocenters. The molecule has 0 heterocycles. The van der Waals surface area contributed by atoms with E-state index < -0.39 is 0 Å². The Bertz CT molecular complexity index is 566. The van der Waals surface area contributed by atoms with Crippen molar-refractivity contribution < 1.29 is 9.47 Å². The Morgan fingerprint density at radius 3 is 2.45 bits per heavy atom. The van der Waals surface area contributed by atoms with Crippen molar-refractivity contribution in [3.05, 3.63) is 59.7 Å². The van der Waals surface area contributed by atoms with Gasteiger partial charge in [-0.3, -0.25) is 0 Å². The van der Waals surface area contributed by atoms with Gasteiger partial charge in [0.15, 0.2) is 0 Å². The molecule has 0 radical (unpaired) electrons. The van der Waals surface area contributed by atoms with E-state index in [0.717, 1.165) is 24.3 Å². The molecular formula is C19H25NO2. The van der Waals surface area contributed by atoms with E-state index in [1.165, 1.54) is 11.1 Å². The van der Waals surface area contributed by atoms with Crippen molar-refractivity contribution in [3.63, 3.8) is 0 Å². The van der Waals surface area contributed by atoms with Crippen LogP contribution in [0.2, 0.25) is 0 Å². The maximum Gasteiger partial charge on any atom is 0.119 e. The summed E-state index contributed by atoms with van der Waals surface area (Å²) in [6.45, 7) is 3.43. The summed E-state index contributed by atoms with van der Waals surface area (Å²) in [4.78, 5) is 0. The van der Waals surface area contributed by atoms with Crippen LogP contribution in [0.15, 0.2) is 48.5 Å². The van der Waals surface area contributed by atoms with Gasteiger partial charge >= 0.3 is 0 Å². The zero-order valence-electron chi connectivity index (χ0n) is 13.4. The van der Waals surface area contributed by atoms with Crippen molar-refractivity contribution in [1.29, 1.82) is 0 Å². The van der Waals surface area contributed by atoms with Crippen LogP contribution in [0.5, 0.6) is 11.5 Å². The van der Waals surface area contributed by atoms with Crippen molar-refractivity contribution in [2.45, 2.75) is 25.7 Å². The fourth-order valence-electron chi connectivity index (χ4n) is 2.47. The van der Waals surface area contributed by atoms with E-state index in [9.17, 15) is 0 Å². The lowest BCUT2D eigenvalue weighted by atomic mass is 9.96. The summed E-state index contributed by atoms with van der Waals surface area (Å²) in [7, 11) is 1.67. The van der Waals surface area contributed by atoms with Crippen LogP contribution in [0.4, 0.5) is 0 Å². The van der Waals surface area contributed by atoms with Crippen LogP contribution in [0.3, 0.4) is 0 Å². The highest BCUT2D eigenvalue weighted by Gasteiger charge is 2.10. The molecular weight excluding hydrogens is 274 g/mol. The van der Waals surface area contributed by atoms with Crippen LogP contribution in [-0.2, 0) is 6.42 Å². The van der Waals surface area contributed by atoms with Gasteiger partial charge in [0, 0.05) is 0 Å². The Kier molecular flexibility index (Phi) is 6.28. The SMILES string of the molecule is CCc1cccc(OCCC(CN)c2ccc(OC)cc2)c1. The number of methoxy groups -OCH3 is 1. The van der Waals surface area contributed by atoms with Gasteiger partial charge < -0.3 is 15.2 Å². The first-order valence-electron chi connectivity index (χ1n) is 7.82. The third-order valence-corrected chi connectivity index (χ3v) is 3.91. The predicted octanol–water partition coefficient (Wildman–Crippen LogP) is 3.77. The zero-order chi connectivity index (χ0) is 15.8. The molecule has 2 aromatic carbocycles. The maximum absolute atomic E-state index is 5.91. The lowest BCUT2D eigenvalue weighted by Gasteiger charge is -2.16. The average Bonchev–Trinajstić information content (AvgIpc) is 2.59. The first-order valence-corrected chi connectivity index (χ1v) is 7.82. The van der Waals surface area contributed by atoms with Crippen molar-refractivity contribution in [2.75, 3.05) is 20.3 Å². The standard InChI is InChI=1S/C19H25NO2/c1-3-15-5-4-6-19(13-15)22-12-11-17(14-20)16-7-9-18(21-2)10-8-16/h4-10,13,17H,3,11-12,14,20H2,1-2H3. The quantitative estimate of drug-likeness (QED) is 0.807. The second-order valence-corrected chi connectivity index (χ2v) is 5.34. The van der Waals surface area contributed by atoms with E-state index in [4.69, 9.17) is 15.2 Å². The summed E-state index contributed by atoms with van der Waals surface area (Å²) >= 11 is 0. The van der Waals surface area contributed by atoms with Gasteiger partial charge in [0.05, 0.1) is 13.7 Å². The van der Waals surface area contributed by atoms with Gasteiger partial charge in [0.1, 0.15) is 11.5 Å². The summed E-state index contributed by atoms with van der Waals surface area (Å²) < 4.78 is 11.1. The molecule has 3 heteroatoms. The topological polar surface area (TPSA) is 44.5 Å². The minimum atomic E-state index is 0.306. The van der Waals surface area contributed by atoms with Crippen molar-refractivity contribution >= 4 is 0 Å². The Morgan fingerprint density at radius 2 is 1.82 bits per heavy atom. The molecule has 2 N–H and O–H groups in total. The van der Waals surface area contributed by atoms with Crippen molar-refractivity contribution in [2.24, 2.45) is 5.73 Å². The monoisotopic (exact) mass is 299 g/mol. The van der Waals surface area contributed by atoms with Gasteiger partial charge in [0.2, 0.25) is 0 Å². The Balaban J connectivity index is 1.90. The number of hydrogen-bond acceptors (Lipinski definition) is 3. The molecule has 0 fully saturated rings. The first-order chi connectivity index (χ1) is 10.8. The lowest BCUT2D eigenvalue weighted by Crippen LogP contribution is -2.15. The van der Waals surface area contributed by atoms with E-state index in [1.807, 2.05) is 24.3 Å². The zero-order valence-corrected chi connectivity index (χ0v) is 13.4. The normalized spacial score (nSPS) is 12.0. The smallest absolute Gasteiger partial charge is 0.119 e. The molecule has 0 saturated heterocycles. The molecule has 1 atom stereocenters. The van der Waals surface area contributed by atoms with Gasteiger partial charge in [-0.15, -0.1) is 0 Å². The second-order valence-electron chi connectivity index (χ2n) is 5.34. The molecule has 118 valence electrons. The molecule has 22 heavy (non-hydrogen) atoms. The molecule has 0 spiro atoms. The molecule has 3 nitrogen and oxygen atoms in total. The molecule has 0 aromatic heterocycles. The molecule has 0 bridgehead atoms. The second kappa shape index (κ2) is 8.44. The Hall–Kier alpha value is -2.00. The highest BCUT2D eigenvalue weighted by atomic mass is 16.5. The highest BCUT2D eigenvalue weighted by molar-refractivity contribution is 5.30. The van der Waals surface area contributed by atoms with Crippen LogP contribution >= 0.6 is 0 Å². The maximum atomic E-state index is 5.91. The molecule has 0 aliphatic carbocycles. The number of benzene rings is 2. The minimum absolute atomic E-state index is 0.306. The first kappa shape index (κ1) is 16.4. The number of ether oxygens (including phenoxy) is 2. The van der Waals surface area contributed by atoms with Gasteiger partial charge in [-0.05, 0) is 60.7 Å². The molecule has 0 saturated carbocycles. The van der Waals surface area contributed by atoms with E-state index in [1.54, 1.807) is 7.11 Å². The van der Waals surface area contributed by atoms with Gasteiger partial charge in [0.25, 0.3) is 0 Å². The summed E-state index contributed by atoms with van der Waals surface area (Å²) in [5.41, 5.74) is 8.44. The number of aryl methyl sites for hydroxylation is 1. The summed E-state index contributed by atoms with van der Waals surface area (Å²) in [5.74, 6) is 2.11. The highest BCUT2D eigenvalue weighted by Crippen LogP contribution is 2.22. The summed E-state index contributed by atoms with van der Waals surface area (Å²) in [5, 5.41) is 0. The Labute approximate surface area is 133 Å². The van der Waals surface area contributed by atoms with Crippen LogP contribution in [-0.4, -0.2) is 20.3 Å². The van der Waals surface area contributed by atoms with E-state index in [-0.39, 0.29) is 0 Å². The molecule has 0 amide bonds. The Morgan fingerprint density at radius 1 is 1.05 bits per heavy atom. The van der Waals surface area contributed by atoms with Gasteiger partial charge in [-0.1, -0.05) is 31.2 Å². The number of rotatable bonds is 8. The van der Waals surface area contributed by atoms with E-state index in [0.29, 0.717) is 19.1 Å². The summed E-state index contributed by atoms with van der Waals surface area (Å²) in [6, 6.07) is 16.4. The third kappa shape index (κ3) is 4.50. The molecule has 0 aliphatic heterocycles. The van der Waals surface area contributed by atoms with Crippen LogP contribution in [0.1, 0.15) is 30.4 Å². The van der Waals surface area contributed by atoms with Crippen molar-refractivity contribution in [1.82, 2.24) is 0 Å². The number of hydrogen-bond donors (Lipinski definition) is 1. The fraction of sp³-hybridized carbons (Fsp3) is 0.368. The van der Waals surface area contributed by atoms with Crippen LogP contribution in [0, 0.1) is 0 Å². The van der Waals surface area contributed by atoms with Crippen LogP contribution < -0.4 is 15.2 Å². The van der Waals surface area contributed by atoms with E-state index >= 15 is 0 Å². The van der Waals surface area contributed by atoms with E-state index in [2.05, 4.69) is 31.2 Å². The molecule has 2 rings (SSSR count). The third-order valence-electron chi connectivity index (χ3n) is 3.91.